The van der Waals surface area contributed by atoms with E-state index in [0.717, 1.165) is 0 Å². The lowest BCUT2D eigenvalue weighted by Crippen LogP contribution is -2.45. The van der Waals surface area contributed by atoms with Crippen LogP contribution in [-0.2, 0) is 13.6 Å². The first-order valence-corrected chi connectivity index (χ1v) is 8.59. The molecule has 0 heterocycles. The molecule has 10 heteroatoms. The van der Waals surface area contributed by atoms with E-state index in [1.54, 1.807) is 13.1 Å². The van der Waals surface area contributed by atoms with Gasteiger partial charge in [0.1, 0.15) is 0 Å². The third-order valence-corrected chi connectivity index (χ3v) is 2.58. The van der Waals surface area contributed by atoms with Crippen LogP contribution in [0.25, 0.3) is 0 Å². The van der Waals surface area contributed by atoms with Crippen LogP contribution in [0.3, 0.4) is 0 Å². The maximum Gasteiger partial charge on any atom is 0.701 e. The quantitative estimate of drug-likeness (QED) is 0.384. The molecule has 1 unspecified atom stereocenters. The van der Waals surface area contributed by atoms with Gasteiger partial charge in [-0.15, -0.1) is 0 Å². The van der Waals surface area contributed by atoms with Crippen molar-refractivity contribution in [3.63, 3.8) is 0 Å². The van der Waals surface area contributed by atoms with Crippen molar-refractivity contribution in [3.8, 4) is 0 Å². The molecule has 0 aromatic rings. The summed E-state index contributed by atoms with van der Waals surface area (Å²) in [5.41, 5.74) is 0. The van der Waals surface area contributed by atoms with Gasteiger partial charge in [0.25, 0.3) is 6.43 Å². The molecule has 0 spiro atoms. The Balaban J connectivity index is 3.82. The zero-order valence-electron chi connectivity index (χ0n) is 8.19. The lowest BCUT2D eigenvalue weighted by molar-refractivity contribution is -0.193. The van der Waals surface area contributed by atoms with Crippen molar-refractivity contribution in [2.24, 2.45) is 0 Å². The number of rotatable bonds is 7. The van der Waals surface area contributed by atoms with Gasteiger partial charge < -0.3 is 14.0 Å². The zero-order chi connectivity index (χ0) is 12.1. The van der Waals surface area contributed by atoms with Crippen LogP contribution in [0.15, 0.2) is 0 Å². The average Bonchev–Trinajstić information content (AvgIpc) is 2.11. The fraction of sp³-hybridized carbons (Fsp3) is 1.00. The molecular weight excluding hydrogens is 253 g/mol. The lowest BCUT2D eigenvalue weighted by Gasteiger charge is -2.18. The molecule has 0 bridgehead atoms. The molecule has 0 amide bonds. The Kier molecular flexibility index (Phi) is 6.58. The number of alkyl halides is 3. The highest BCUT2D eigenvalue weighted by atomic mass is 28.4. The standard InChI is InChI=1S/C5H13F3O5Si2/c1-14(2)12-13-15(9,10)11-3-4(6)5(7)8/h4-5,9-10,14H,3H2,1-2H3. The summed E-state index contributed by atoms with van der Waals surface area (Å²) in [7, 11) is -6.30. The SMILES string of the molecule is C[SiH](C)OO[Si](O)(O)OCC(F)C(F)F. The molecule has 1 atom stereocenters. The van der Waals surface area contributed by atoms with Gasteiger partial charge in [0.2, 0.25) is 9.04 Å². The molecule has 0 aliphatic carbocycles. The van der Waals surface area contributed by atoms with E-state index in [-0.39, 0.29) is 0 Å². The summed E-state index contributed by atoms with van der Waals surface area (Å²) in [6, 6.07) is 0. The maximum atomic E-state index is 12.3. The molecule has 0 aliphatic rings. The van der Waals surface area contributed by atoms with Crippen molar-refractivity contribution in [3.05, 3.63) is 0 Å². The topological polar surface area (TPSA) is 68.2 Å². The minimum Gasteiger partial charge on any atom is -0.366 e. The smallest absolute Gasteiger partial charge is 0.366 e. The first kappa shape index (κ1) is 15.0. The minimum atomic E-state index is -4.64. The van der Waals surface area contributed by atoms with E-state index >= 15 is 0 Å². The summed E-state index contributed by atoms with van der Waals surface area (Å²) in [6.45, 7) is 2.18. The zero-order valence-corrected chi connectivity index (χ0v) is 10.3. The Hall–Kier alpha value is 0.0238. The van der Waals surface area contributed by atoms with Gasteiger partial charge in [0.05, 0.1) is 6.61 Å². The van der Waals surface area contributed by atoms with Crippen LogP contribution in [0.4, 0.5) is 13.2 Å². The summed E-state index contributed by atoms with van der Waals surface area (Å²) in [4.78, 5) is 17.9. The molecule has 0 fully saturated rings. The van der Waals surface area contributed by atoms with Crippen LogP contribution in [0, 0.1) is 0 Å². The van der Waals surface area contributed by atoms with Crippen molar-refractivity contribution in [1.29, 1.82) is 0 Å². The van der Waals surface area contributed by atoms with Crippen molar-refractivity contribution < 1.29 is 36.3 Å². The van der Waals surface area contributed by atoms with Gasteiger partial charge in [0, 0.05) is 0 Å². The molecule has 15 heavy (non-hydrogen) atoms. The Morgan fingerprint density at radius 1 is 1.27 bits per heavy atom. The number of halogens is 3. The second kappa shape index (κ2) is 6.57. The third-order valence-electron chi connectivity index (χ3n) is 1.05. The van der Waals surface area contributed by atoms with E-state index in [1.165, 1.54) is 0 Å². The highest BCUT2D eigenvalue weighted by Gasteiger charge is 2.40. The Bertz CT molecular complexity index is 182. The normalized spacial score (nSPS) is 15.0. The maximum absolute atomic E-state index is 12.3. The van der Waals surface area contributed by atoms with E-state index in [1.807, 2.05) is 0 Å². The van der Waals surface area contributed by atoms with E-state index < -0.39 is 37.3 Å². The minimum absolute atomic E-state index is 1.15. The summed E-state index contributed by atoms with van der Waals surface area (Å²) >= 11 is 0. The third kappa shape index (κ3) is 7.90. The van der Waals surface area contributed by atoms with Crippen LogP contribution >= 0.6 is 0 Å². The second-order valence-corrected chi connectivity index (χ2v) is 6.78. The van der Waals surface area contributed by atoms with Crippen molar-refractivity contribution in [2.45, 2.75) is 25.7 Å². The molecule has 0 aromatic carbocycles. The number of hydrogen-bond donors (Lipinski definition) is 2. The molecule has 0 saturated heterocycles. The molecule has 0 rings (SSSR count). The van der Waals surface area contributed by atoms with Crippen molar-refractivity contribution >= 4 is 18.1 Å². The molecule has 0 saturated carbocycles. The predicted molar refractivity (Wildman–Crippen MR) is 48.1 cm³/mol. The summed E-state index contributed by atoms with van der Waals surface area (Å²) in [5, 5.41) is 0. The molecule has 92 valence electrons. The van der Waals surface area contributed by atoms with Crippen LogP contribution in [-0.4, -0.2) is 46.9 Å². The van der Waals surface area contributed by atoms with Crippen molar-refractivity contribution in [2.75, 3.05) is 6.61 Å². The first-order valence-electron chi connectivity index (χ1n) is 4.10. The fourth-order valence-corrected chi connectivity index (χ4v) is 2.14. The molecular formula is C5H13F3O5Si2. The monoisotopic (exact) mass is 266 g/mol. The van der Waals surface area contributed by atoms with Gasteiger partial charge in [-0.1, -0.05) is 0 Å². The van der Waals surface area contributed by atoms with Crippen molar-refractivity contribution in [1.82, 2.24) is 0 Å². The summed E-state index contributed by atoms with van der Waals surface area (Å²) < 4.78 is 48.2. The van der Waals surface area contributed by atoms with Crippen LogP contribution < -0.4 is 0 Å². The summed E-state index contributed by atoms with van der Waals surface area (Å²) in [6.07, 6.45) is -5.83. The Morgan fingerprint density at radius 3 is 2.20 bits per heavy atom. The Morgan fingerprint density at radius 2 is 1.80 bits per heavy atom. The Labute approximate surface area is 87.5 Å². The highest BCUT2D eigenvalue weighted by Crippen LogP contribution is 2.09. The van der Waals surface area contributed by atoms with Gasteiger partial charge in [-0.3, -0.25) is 4.58 Å². The largest absolute Gasteiger partial charge is 0.701 e. The van der Waals surface area contributed by atoms with Crippen LogP contribution in [0.2, 0.25) is 13.1 Å². The second-order valence-electron chi connectivity index (χ2n) is 2.94. The molecule has 2 N–H and O–H groups in total. The van der Waals surface area contributed by atoms with E-state index in [9.17, 15) is 13.2 Å². The van der Waals surface area contributed by atoms with Gasteiger partial charge in [-0.2, -0.15) is 0 Å². The molecule has 0 radical (unpaired) electrons. The fourth-order valence-electron chi connectivity index (χ4n) is 0.444. The van der Waals surface area contributed by atoms with Gasteiger partial charge in [0.15, 0.2) is 6.17 Å². The average molecular weight is 266 g/mol. The molecule has 5 nitrogen and oxygen atoms in total. The summed E-state index contributed by atoms with van der Waals surface area (Å²) in [5.74, 6) is 0. The van der Waals surface area contributed by atoms with Gasteiger partial charge in [-0.05, 0) is 13.1 Å². The molecule has 0 aromatic heterocycles. The van der Waals surface area contributed by atoms with E-state index in [4.69, 9.17) is 9.59 Å². The number of hydrogen-bond acceptors (Lipinski definition) is 5. The van der Waals surface area contributed by atoms with Crippen LogP contribution in [0.5, 0.6) is 0 Å². The predicted octanol–water partition coefficient (Wildman–Crippen LogP) is -0.0420. The van der Waals surface area contributed by atoms with Gasteiger partial charge in [-0.25, -0.2) is 17.7 Å². The van der Waals surface area contributed by atoms with Crippen LogP contribution in [0.1, 0.15) is 0 Å². The van der Waals surface area contributed by atoms with E-state index in [0.29, 0.717) is 0 Å². The van der Waals surface area contributed by atoms with E-state index in [2.05, 4.69) is 13.6 Å². The molecule has 0 aliphatic heterocycles. The highest BCUT2D eigenvalue weighted by molar-refractivity contribution is 6.52. The van der Waals surface area contributed by atoms with Gasteiger partial charge >= 0.3 is 9.05 Å². The lowest BCUT2D eigenvalue weighted by atomic mass is 10.4. The first-order chi connectivity index (χ1) is 6.74.